The second kappa shape index (κ2) is 19.9. The SMILES string of the molecule is FC(F)(F)c1ccc(-c2cc(-c3ccc(-n4c5ccccc5c5cc(N(c6ccccc6)c6ccccc6)ccc54)cc3)cc(-c3ccc(-n4c5ccccc5c5cc(N(c6ccccc6)c6ccccc6)ccc54)cc3)c2)cc1. The van der Waals surface area contributed by atoms with E-state index < -0.39 is 11.7 Å². The number of nitrogens with zero attached hydrogens (tertiary/aromatic N) is 4. The smallest absolute Gasteiger partial charge is 0.310 e. The van der Waals surface area contributed by atoms with Crippen LogP contribution in [0.15, 0.2) is 297 Å². The molecule has 80 heavy (non-hydrogen) atoms. The molecule has 14 aromatic rings. The Balaban J connectivity index is 0.841. The van der Waals surface area contributed by atoms with E-state index in [0.717, 1.165) is 129 Å². The Hall–Kier alpha value is -10.4. The molecule has 0 amide bonds. The zero-order valence-electron chi connectivity index (χ0n) is 43.2. The van der Waals surface area contributed by atoms with Crippen LogP contribution < -0.4 is 9.80 Å². The van der Waals surface area contributed by atoms with E-state index in [1.807, 2.05) is 24.3 Å². The molecule has 2 aromatic heterocycles. The molecule has 4 nitrogen and oxygen atoms in total. The summed E-state index contributed by atoms with van der Waals surface area (Å²) in [6, 6.07) is 101. The third kappa shape index (κ3) is 8.71. The number of para-hydroxylation sites is 6. The highest BCUT2D eigenvalue weighted by atomic mass is 19.4. The summed E-state index contributed by atoms with van der Waals surface area (Å²) < 4.78 is 46.2. The lowest BCUT2D eigenvalue weighted by molar-refractivity contribution is -0.137. The number of hydrogen-bond acceptors (Lipinski definition) is 2. The quantitative estimate of drug-likeness (QED) is 0.128. The molecule has 0 saturated carbocycles. The first-order valence-electron chi connectivity index (χ1n) is 26.7. The average molecular weight is 1040 g/mol. The molecule has 0 aliphatic carbocycles. The van der Waals surface area contributed by atoms with Crippen molar-refractivity contribution >= 4 is 77.7 Å². The van der Waals surface area contributed by atoms with Gasteiger partial charge in [-0.25, -0.2) is 0 Å². The van der Waals surface area contributed by atoms with Gasteiger partial charge in [-0.2, -0.15) is 13.2 Å². The molecule has 0 aliphatic rings. The van der Waals surface area contributed by atoms with E-state index in [0.29, 0.717) is 5.56 Å². The number of benzene rings is 12. The number of hydrogen-bond donors (Lipinski definition) is 0. The summed E-state index contributed by atoms with van der Waals surface area (Å²) in [4.78, 5) is 4.57. The number of halogens is 3. The van der Waals surface area contributed by atoms with E-state index in [-0.39, 0.29) is 0 Å². The van der Waals surface area contributed by atoms with Crippen LogP contribution in [0.3, 0.4) is 0 Å². The van der Waals surface area contributed by atoms with Crippen LogP contribution in [0, 0.1) is 0 Å². The summed E-state index contributed by atoms with van der Waals surface area (Å²) in [7, 11) is 0. The highest BCUT2D eigenvalue weighted by Gasteiger charge is 2.30. The molecule has 0 radical (unpaired) electrons. The monoisotopic (exact) mass is 1040 g/mol. The minimum absolute atomic E-state index is 0.680. The molecule has 0 bridgehead atoms. The fraction of sp³-hybridized carbons (Fsp3) is 0.0137. The van der Waals surface area contributed by atoms with Crippen molar-refractivity contribution in [1.29, 1.82) is 0 Å². The van der Waals surface area contributed by atoms with Gasteiger partial charge >= 0.3 is 6.18 Å². The molecular formula is C73H49F3N4. The molecule has 2 heterocycles. The maximum absolute atomic E-state index is 13.9. The lowest BCUT2D eigenvalue weighted by Crippen LogP contribution is -2.09. The number of rotatable bonds is 11. The van der Waals surface area contributed by atoms with Gasteiger partial charge in [0, 0.05) is 67.0 Å². The molecule has 0 unspecified atom stereocenters. The van der Waals surface area contributed by atoms with Crippen LogP contribution in [0.2, 0.25) is 0 Å². The molecule has 7 heteroatoms. The van der Waals surface area contributed by atoms with Crippen molar-refractivity contribution < 1.29 is 13.2 Å². The summed E-state index contributed by atoms with van der Waals surface area (Å²) in [5, 5.41) is 4.58. The highest BCUT2D eigenvalue weighted by molar-refractivity contribution is 6.12. The van der Waals surface area contributed by atoms with Gasteiger partial charge in [0.15, 0.2) is 0 Å². The molecule has 382 valence electrons. The van der Waals surface area contributed by atoms with Crippen molar-refractivity contribution in [1.82, 2.24) is 9.13 Å². The molecule has 14 rings (SSSR count). The van der Waals surface area contributed by atoms with Gasteiger partial charge in [-0.15, -0.1) is 0 Å². The van der Waals surface area contributed by atoms with Crippen LogP contribution in [-0.2, 0) is 6.18 Å². The van der Waals surface area contributed by atoms with Crippen molar-refractivity contribution in [2.45, 2.75) is 6.18 Å². The van der Waals surface area contributed by atoms with Crippen LogP contribution in [0.1, 0.15) is 5.56 Å². The molecule has 0 N–H and O–H groups in total. The normalized spacial score (nSPS) is 11.7. The maximum atomic E-state index is 13.9. The van der Waals surface area contributed by atoms with Crippen molar-refractivity contribution in [3.8, 4) is 44.8 Å². The fourth-order valence-corrected chi connectivity index (χ4v) is 11.5. The zero-order valence-corrected chi connectivity index (χ0v) is 43.2. The Bertz CT molecular complexity index is 4190. The largest absolute Gasteiger partial charge is 0.416 e. The summed E-state index contributed by atoms with van der Waals surface area (Å²) in [6.07, 6.45) is -4.44. The average Bonchev–Trinajstić information content (AvgIpc) is 4.07. The van der Waals surface area contributed by atoms with Crippen molar-refractivity contribution in [3.63, 3.8) is 0 Å². The van der Waals surface area contributed by atoms with E-state index in [1.165, 1.54) is 0 Å². The first-order valence-corrected chi connectivity index (χ1v) is 26.7. The Morgan fingerprint density at radius 1 is 0.237 bits per heavy atom. The second-order valence-electron chi connectivity index (χ2n) is 20.1. The molecule has 0 saturated heterocycles. The zero-order chi connectivity index (χ0) is 53.7. The summed E-state index contributed by atoms with van der Waals surface area (Å²) in [6.45, 7) is 0. The van der Waals surface area contributed by atoms with Crippen LogP contribution in [0.25, 0.3) is 88.4 Å². The molecule has 0 spiro atoms. The van der Waals surface area contributed by atoms with E-state index in [1.54, 1.807) is 12.1 Å². The van der Waals surface area contributed by atoms with Gasteiger partial charge in [-0.05, 0) is 185 Å². The maximum Gasteiger partial charge on any atom is 0.416 e. The Kier molecular flexibility index (Phi) is 11.9. The standard InChI is InChI=1S/C73H49F3N4/c74-73(75,76)56-35-29-50(30-36-56)53-45-54(51-31-37-61(38-32-51)79-69-27-15-13-25-65(69)67-48-63(41-43-71(67)79)77(57-17-5-1-6-18-57)58-19-7-2-8-20-58)47-55(46-53)52-33-39-62(40-34-52)80-70-28-16-14-26-66(70)68-49-64(42-44-72(68)80)78(59-21-9-3-10-22-59)60-23-11-4-12-24-60/h1-49H. The van der Waals surface area contributed by atoms with E-state index in [2.05, 4.69) is 268 Å². The minimum Gasteiger partial charge on any atom is -0.310 e. The highest BCUT2D eigenvalue weighted by Crippen LogP contribution is 2.43. The number of alkyl halides is 3. The Morgan fingerprint density at radius 3 is 0.875 bits per heavy atom. The predicted octanol–water partition coefficient (Wildman–Crippen LogP) is 20.8. The van der Waals surface area contributed by atoms with Crippen LogP contribution in [-0.4, -0.2) is 9.13 Å². The van der Waals surface area contributed by atoms with Crippen LogP contribution >= 0.6 is 0 Å². The van der Waals surface area contributed by atoms with Gasteiger partial charge in [-0.3, -0.25) is 0 Å². The lowest BCUT2D eigenvalue weighted by Gasteiger charge is -2.25. The first kappa shape index (κ1) is 48.0. The van der Waals surface area contributed by atoms with Crippen LogP contribution in [0.4, 0.5) is 47.3 Å². The molecule has 12 aromatic carbocycles. The third-order valence-electron chi connectivity index (χ3n) is 15.3. The summed E-state index contributed by atoms with van der Waals surface area (Å²) in [5.74, 6) is 0. The minimum atomic E-state index is -4.44. The topological polar surface area (TPSA) is 16.3 Å². The van der Waals surface area contributed by atoms with Crippen molar-refractivity contribution in [3.05, 3.63) is 303 Å². The van der Waals surface area contributed by atoms with Gasteiger partial charge in [0.2, 0.25) is 0 Å². The van der Waals surface area contributed by atoms with Gasteiger partial charge in [0.05, 0.1) is 27.6 Å². The van der Waals surface area contributed by atoms with Gasteiger partial charge in [-0.1, -0.05) is 146 Å². The van der Waals surface area contributed by atoms with Gasteiger partial charge < -0.3 is 18.9 Å². The lowest BCUT2D eigenvalue weighted by atomic mass is 9.93. The Morgan fingerprint density at radius 2 is 0.537 bits per heavy atom. The number of aromatic nitrogens is 2. The molecular weight excluding hydrogens is 990 g/mol. The molecule has 0 aliphatic heterocycles. The first-order chi connectivity index (χ1) is 39.3. The van der Waals surface area contributed by atoms with E-state index >= 15 is 0 Å². The fourth-order valence-electron chi connectivity index (χ4n) is 11.5. The number of fused-ring (bicyclic) bond motifs is 6. The summed E-state index contributed by atoms with van der Waals surface area (Å²) in [5.41, 5.74) is 17.5. The van der Waals surface area contributed by atoms with Gasteiger partial charge in [0.1, 0.15) is 0 Å². The number of anilines is 6. The predicted molar refractivity (Wildman–Crippen MR) is 326 cm³/mol. The molecule has 0 fully saturated rings. The van der Waals surface area contributed by atoms with E-state index in [4.69, 9.17) is 0 Å². The second-order valence-corrected chi connectivity index (χ2v) is 20.1. The van der Waals surface area contributed by atoms with Gasteiger partial charge in [0.25, 0.3) is 0 Å². The Labute approximate surface area is 461 Å². The third-order valence-corrected chi connectivity index (χ3v) is 15.3. The van der Waals surface area contributed by atoms with E-state index in [9.17, 15) is 13.2 Å². The van der Waals surface area contributed by atoms with Crippen LogP contribution in [0.5, 0.6) is 0 Å². The molecule has 0 atom stereocenters. The van der Waals surface area contributed by atoms with Crippen molar-refractivity contribution in [2.24, 2.45) is 0 Å². The summed E-state index contributed by atoms with van der Waals surface area (Å²) >= 11 is 0. The van der Waals surface area contributed by atoms with Crippen molar-refractivity contribution in [2.75, 3.05) is 9.80 Å².